The summed E-state index contributed by atoms with van der Waals surface area (Å²) in [5.74, 6) is 2.28. The van der Waals surface area contributed by atoms with Crippen molar-refractivity contribution in [3.8, 4) is 29.0 Å². The van der Waals surface area contributed by atoms with Crippen molar-refractivity contribution >= 4 is 11.9 Å². The van der Waals surface area contributed by atoms with Crippen LogP contribution in [-0.2, 0) is 6.54 Å². The number of nitrogens with two attached hydrogens (primary N) is 1. The van der Waals surface area contributed by atoms with Gasteiger partial charge in [0.1, 0.15) is 29.6 Å². The summed E-state index contributed by atoms with van der Waals surface area (Å²) in [7, 11) is 0. The maximum Gasteiger partial charge on any atom is 0.355 e. The molecule has 1 amide bonds. The molecule has 0 unspecified atom stereocenters. The summed E-state index contributed by atoms with van der Waals surface area (Å²) in [6, 6.07) is 2.45. The van der Waals surface area contributed by atoms with Crippen molar-refractivity contribution < 1.29 is 28.9 Å². The fourth-order valence-corrected chi connectivity index (χ4v) is 2.68. The topological polar surface area (TPSA) is 128 Å². The second-order valence-corrected chi connectivity index (χ2v) is 6.44. The van der Waals surface area contributed by atoms with Crippen LogP contribution in [0, 0.1) is 17.7 Å². The van der Waals surface area contributed by atoms with E-state index in [4.69, 9.17) is 10.5 Å². The summed E-state index contributed by atoms with van der Waals surface area (Å²) in [6.45, 7) is 3.03. The molecule has 0 bridgehead atoms. The Morgan fingerprint density at radius 1 is 1.41 bits per heavy atom. The molecule has 0 fully saturated rings. The van der Waals surface area contributed by atoms with Crippen LogP contribution in [0.3, 0.4) is 0 Å². The number of aliphatic hydroxyl groups is 1. The first-order valence-electron chi connectivity index (χ1n) is 7.94. The first-order chi connectivity index (χ1) is 12.6. The molecular formula is C18H16FN3O5. The Morgan fingerprint density at radius 2 is 2.11 bits per heavy atom. The van der Waals surface area contributed by atoms with Crippen molar-refractivity contribution in [1.82, 2.24) is 9.55 Å². The number of benzene rings is 1. The number of aromatic carboxylic acids is 1. The van der Waals surface area contributed by atoms with Gasteiger partial charge in [0.25, 0.3) is 5.91 Å². The van der Waals surface area contributed by atoms with Crippen LogP contribution in [0.5, 0.6) is 5.75 Å². The highest BCUT2D eigenvalue weighted by molar-refractivity contribution is 6.02. The predicted molar refractivity (Wildman–Crippen MR) is 91.8 cm³/mol. The third kappa shape index (κ3) is 3.47. The minimum absolute atomic E-state index is 0.0339. The van der Waals surface area contributed by atoms with Crippen LogP contribution in [0.15, 0.2) is 12.1 Å². The lowest BCUT2D eigenvalue weighted by atomic mass is 10.1. The molecule has 140 valence electrons. The number of carbonyl (C=O) groups excluding carboxylic acids is 1. The lowest BCUT2D eigenvalue weighted by Gasteiger charge is -2.09. The van der Waals surface area contributed by atoms with Gasteiger partial charge in [0.15, 0.2) is 11.4 Å². The first-order valence-corrected chi connectivity index (χ1v) is 7.94. The van der Waals surface area contributed by atoms with Gasteiger partial charge in [-0.25, -0.2) is 14.2 Å². The molecule has 0 saturated heterocycles. The molecular weight excluding hydrogens is 357 g/mol. The number of halogens is 1. The van der Waals surface area contributed by atoms with E-state index in [0.717, 1.165) is 6.07 Å². The molecule has 1 aliphatic heterocycles. The Labute approximate surface area is 153 Å². The smallest absolute Gasteiger partial charge is 0.355 e. The maximum absolute atomic E-state index is 14.3. The van der Waals surface area contributed by atoms with Crippen molar-refractivity contribution in [2.45, 2.75) is 26.0 Å². The summed E-state index contributed by atoms with van der Waals surface area (Å²) in [5, 5.41) is 19.2. The summed E-state index contributed by atoms with van der Waals surface area (Å²) in [6.07, 6.45) is 0. The number of nitrogens with zero attached hydrogens (tertiary/aromatic N) is 2. The minimum Gasteiger partial charge on any atom is -0.491 e. The van der Waals surface area contributed by atoms with Crippen LogP contribution >= 0.6 is 0 Å². The van der Waals surface area contributed by atoms with Crippen LogP contribution in [0.2, 0.25) is 0 Å². The Hall–Kier alpha value is -3.38. The van der Waals surface area contributed by atoms with Gasteiger partial charge in [0.2, 0.25) is 0 Å². The quantitative estimate of drug-likeness (QED) is 0.674. The first kappa shape index (κ1) is 18.4. The number of amides is 1. The van der Waals surface area contributed by atoms with Gasteiger partial charge in [-0.1, -0.05) is 11.8 Å². The average molecular weight is 373 g/mol. The SMILES string of the molecule is CC(C)(O)C#Cc1cc2c(cc1F)OCCn1c-2nc(C(N)=O)c1C(=O)O. The molecule has 4 N–H and O–H groups in total. The van der Waals surface area contributed by atoms with Crippen molar-refractivity contribution in [2.75, 3.05) is 6.61 Å². The van der Waals surface area contributed by atoms with Crippen LogP contribution in [0.1, 0.15) is 40.4 Å². The standard InChI is InChI=1S/C18H16FN3O5/c1-18(2,26)4-3-9-7-10-12(8-11(9)19)27-6-5-22-14(17(24)25)13(15(20)23)21-16(10)22/h7-8,26H,5-6H2,1-2H3,(H2,20,23)(H,24,25). The molecule has 8 nitrogen and oxygen atoms in total. The number of fused-ring (bicyclic) bond motifs is 3. The second kappa shape index (κ2) is 6.41. The van der Waals surface area contributed by atoms with Gasteiger partial charge in [-0.05, 0) is 19.9 Å². The van der Waals surface area contributed by atoms with E-state index in [1.54, 1.807) is 0 Å². The van der Waals surface area contributed by atoms with E-state index in [1.165, 1.54) is 24.5 Å². The molecule has 3 rings (SSSR count). The monoisotopic (exact) mass is 373 g/mol. The number of rotatable bonds is 2. The van der Waals surface area contributed by atoms with Crippen molar-refractivity contribution in [3.05, 3.63) is 34.9 Å². The zero-order valence-corrected chi connectivity index (χ0v) is 14.5. The molecule has 2 aromatic rings. The van der Waals surface area contributed by atoms with E-state index >= 15 is 0 Å². The van der Waals surface area contributed by atoms with Gasteiger partial charge in [-0.2, -0.15) is 0 Å². The van der Waals surface area contributed by atoms with E-state index in [9.17, 15) is 24.2 Å². The number of hydrogen-bond donors (Lipinski definition) is 3. The highest BCUT2D eigenvalue weighted by Crippen LogP contribution is 2.35. The number of primary amides is 1. The van der Waals surface area contributed by atoms with Crippen molar-refractivity contribution in [3.63, 3.8) is 0 Å². The highest BCUT2D eigenvalue weighted by Gasteiger charge is 2.30. The fraction of sp³-hybridized carbons (Fsp3) is 0.278. The Morgan fingerprint density at radius 3 is 2.70 bits per heavy atom. The number of ether oxygens (including phenoxy) is 1. The molecule has 0 saturated carbocycles. The van der Waals surface area contributed by atoms with E-state index in [1.807, 2.05) is 0 Å². The predicted octanol–water partition coefficient (Wildman–Crippen LogP) is 1.00. The van der Waals surface area contributed by atoms with Gasteiger partial charge in [-0.3, -0.25) is 4.79 Å². The van der Waals surface area contributed by atoms with E-state index in [0.29, 0.717) is 0 Å². The molecule has 1 aromatic carbocycles. The lowest BCUT2D eigenvalue weighted by Crippen LogP contribution is -2.19. The summed E-state index contributed by atoms with van der Waals surface area (Å²) in [5.41, 5.74) is 3.41. The Kier molecular flexibility index (Phi) is 4.37. The Bertz CT molecular complexity index is 1020. The van der Waals surface area contributed by atoms with Gasteiger partial charge in [0, 0.05) is 6.07 Å². The molecule has 0 radical (unpaired) electrons. The van der Waals surface area contributed by atoms with Crippen LogP contribution < -0.4 is 10.5 Å². The number of hydrogen-bond acceptors (Lipinski definition) is 5. The van der Waals surface area contributed by atoms with Crippen LogP contribution in [0.25, 0.3) is 11.4 Å². The van der Waals surface area contributed by atoms with Gasteiger partial charge < -0.3 is 25.3 Å². The van der Waals surface area contributed by atoms with E-state index < -0.39 is 23.3 Å². The molecule has 0 spiro atoms. The number of carboxylic acids is 1. The summed E-state index contributed by atoms with van der Waals surface area (Å²) >= 11 is 0. The van der Waals surface area contributed by atoms with Crippen LogP contribution in [0.4, 0.5) is 4.39 Å². The molecule has 27 heavy (non-hydrogen) atoms. The lowest BCUT2D eigenvalue weighted by molar-refractivity contribution is 0.0679. The Balaban J connectivity index is 2.27. The molecule has 2 heterocycles. The molecule has 1 aromatic heterocycles. The third-order valence-electron chi connectivity index (χ3n) is 3.79. The van der Waals surface area contributed by atoms with E-state index in [-0.39, 0.29) is 47.2 Å². The van der Waals surface area contributed by atoms with Crippen molar-refractivity contribution in [1.29, 1.82) is 0 Å². The molecule has 1 aliphatic rings. The van der Waals surface area contributed by atoms with Gasteiger partial charge in [-0.15, -0.1) is 0 Å². The highest BCUT2D eigenvalue weighted by atomic mass is 19.1. The summed E-state index contributed by atoms with van der Waals surface area (Å²) < 4.78 is 21.1. The summed E-state index contributed by atoms with van der Waals surface area (Å²) in [4.78, 5) is 27.3. The number of carboxylic acid groups (broad SMARTS) is 1. The second-order valence-electron chi connectivity index (χ2n) is 6.44. The van der Waals surface area contributed by atoms with Crippen LogP contribution in [-0.4, -0.2) is 43.8 Å². The number of imidazole rings is 1. The van der Waals surface area contributed by atoms with E-state index in [2.05, 4.69) is 16.8 Å². The zero-order valence-electron chi connectivity index (χ0n) is 14.5. The van der Waals surface area contributed by atoms with Gasteiger partial charge >= 0.3 is 5.97 Å². The average Bonchev–Trinajstić information content (AvgIpc) is 2.85. The minimum atomic E-state index is -1.37. The molecule has 0 atom stereocenters. The zero-order chi connectivity index (χ0) is 19.9. The van der Waals surface area contributed by atoms with Gasteiger partial charge in [0.05, 0.1) is 17.7 Å². The van der Waals surface area contributed by atoms with Crippen molar-refractivity contribution in [2.24, 2.45) is 5.73 Å². The molecule has 0 aliphatic carbocycles. The molecule has 9 heteroatoms. The number of carbonyl (C=O) groups is 2. The number of aromatic nitrogens is 2. The fourth-order valence-electron chi connectivity index (χ4n) is 2.68. The maximum atomic E-state index is 14.3. The largest absolute Gasteiger partial charge is 0.491 e. The normalized spacial score (nSPS) is 12.7. The third-order valence-corrected chi connectivity index (χ3v) is 3.79.